The van der Waals surface area contributed by atoms with Gasteiger partial charge < -0.3 is 14.6 Å². The number of carbonyl (C=O) groups is 2. The van der Waals surface area contributed by atoms with E-state index in [4.69, 9.17) is 4.74 Å². The van der Waals surface area contributed by atoms with Crippen molar-refractivity contribution in [1.29, 1.82) is 0 Å². The molecule has 0 spiro atoms. The monoisotopic (exact) mass is 362 g/mol. The number of nitrogens with zero attached hydrogens (tertiary/aromatic N) is 3. The Hall–Kier alpha value is -3.10. The minimum atomic E-state index is -0.554. The number of aromatic nitrogens is 3. The number of nitrogens with one attached hydrogen (secondary N) is 1. The molecule has 0 bridgehead atoms. The smallest absolute Gasteiger partial charge is 0.355 e. The summed E-state index contributed by atoms with van der Waals surface area (Å²) in [7, 11) is 4.47. The Bertz CT molecular complexity index is 1010. The third-order valence-electron chi connectivity index (χ3n) is 4.39. The summed E-state index contributed by atoms with van der Waals surface area (Å²) in [6.45, 7) is 5.28. The Kier molecular flexibility index (Phi) is 5.20. The van der Waals surface area contributed by atoms with Crippen LogP contribution in [0.15, 0.2) is 15.7 Å². The fourth-order valence-corrected chi connectivity index (χ4v) is 2.83. The summed E-state index contributed by atoms with van der Waals surface area (Å²) in [4.78, 5) is 48.7. The SMILES string of the molecule is CCOC(=O)c1c(C)c(C(=O)Nc2cc(=O)n(C)c(=O)n2C)c(C)n1C. The molecule has 2 aromatic rings. The number of rotatable bonds is 4. The van der Waals surface area contributed by atoms with E-state index in [0.29, 0.717) is 16.8 Å². The van der Waals surface area contributed by atoms with Gasteiger partial charge in [-0.1, -0.05) is 0 Å². The lowest BCUT2D eigenvalue weighted by Gasteiger charge is -2.11. The predicted octanol–water partition coefficient (Wildman–Crippen LogP) is 0.468. The molecule has 0 fully saturated rings. The van der Waals surface area contributed by atoms with Gasteiger partial charge in [-0.2, -0.15) is 0 Å². The first kappa shape index (κ1) is 19.2. The van der Waals surface area contributed by atoms with Gasteiger partial charge in [0.2, 0.25) is 0 Å². The van der Waals surface area contributed by atoms with Gasteiger partial charge in [-0.05, 0) is 26.3 Å². The Morgan fingerprint density at radius 2 is 1.69 bits per heavy atom. The molecule has 0 aromatic carbocycles. The minimum Gasteiger partial charge on any atom is -0.461 e. The molecule has 0 aliphatic carbocycles. The van der Waals surface area contributed by atoms with Crippen molar-refractivity contribution in [2.75, 3.05) is 11.9 Å². The number of anilines is 1. The van der Waals surface area contributed by atoms with E-state index in [1.54, 1.807) is 32.4 Å². The molecule has 1 N–H and O–H groups in total. The molecule has 0 aliphatic heterocycles. The molecule has 2 aromatic heterocycles. The highest BCUT2D eigenvalue weighted by Gasteiger charge is 2.26. The first-order chi connectivity index (χ1) is 12.1. The fourth-order valence-electron chi connectivity index (χ4n) is 2.83. The molecule has 2 heterocycles. The molecule has 1 amide bonds. The summed E-state index contributed by atoms with van der Waals surface area (Å²) in [5.74, 6) is -0.964. The summed E-state index contributed by atoms with van der Waals surface area (Å²) in [5, 5.41) is 2.57. The quantitative estimate of drug-likeness (QED) is 0.796. The average Bonchev–Trinajstić information content (AvgIpc) is 2.80. The van der Waals surface area contributed by atoms with Crippen LogP contribution in [0, 0.1) is 13.8 Å². The molecule has 9 nitrogen and oxygen atoms in total. The van der Waals surface area contributed by atoms with Crippen LogP contribution in [0.4, 0.5) is 5.82 Å². The normalized spacial score (nSPS) is 10.7. The van der Waals surface area contributed by atoms with E-state index in [-0.39, 0.29) is 18.1 Å². The first-order valence-corrected chi connectivity index (χ1v) is 8.03. The minimum absolute atomic E-state index is 0.0726. The maximum absolute atomic E-state index is 12.8. The summed E-state index contributed by atoms with van der Waals surface area (Å²) in [5.41, 5.74) is 0.529. The van der Waals surface area contributed by atoms with Crippen molar-refractivity contribution in [3.63, 3.8) is 0 Å². The lowest BCUT2D eigenvalue weighted by Crippen LogP contribution is -2.38. The van der Waals surface area contributed by atoms with Gasteiger partial charge in [0.15, 0.2) is 0 Å². The second-order valence-corrected chi connectivity index (χ2v) is 5.94. The largest absolute Gasteiger partial charge is 0.461 e. The van der Waals surface area contributed by atoms with Gasteiger partial charge >= 0.3 is 11.7 Å². The molecule has 0 unspecified atom stereocenters. The van der Waals surface area contributed by atoms with E-state index in [0.717, 1.165) is 4.57 Å². The summed E-state index contributed by atoms with van der Waals surface area (Å²) < 4.78 is 8.73. The van der Waals surface area contributed by atoms with Crippen molar-refractivity contribution < 1.29 is 14.3 Å². The van der Waals surface area contributed by atoms with Crippen LogP contribution in [0.2, 0.25) is 0 Å². The van der Waals surface area contributed by atoms with Gasteiger partial charge in [-0.3, -0.25) is 18.7 Å². The molecule has 0 saturated heterocycles. The van der Waals surface area contributed by atoms with Crippen LogP contribution in [-0.4, -0.2) is 32.2 Å². The van der Waals surface area contributed by atoms with Crippen molar-refractivity contribution in [2.45, 2.75) is 20.8 Å². The molecule has 0 atom stereocenters. The first-order valence-electron chi connectivity index (χ1n) is 8.03. The van der Waals surface area contributed by atoms with E-state index in [1.165, 1.54) is 24.7 Å². The number of esters is 1. The van der Waals surface area contributed by atoms with Gasteiger partial charge in [0.1, 0.15) is 11.5 Å². The van der Waals surface area contributed by atoms with Crippen LogP contribution in [0.3, 0.4) is 0 Å². The third-order valence-corrected chi connectivity index (χ3v) is 4.39. The maximum atomic E-state index is 12.8. The summed E-state index contributed by atoms with van der Waals surface area (Å²) in [6.07, 6.45) is 0. The molecule has 26 heavy (non-hydrogen) atoms. The zero-order chi connectivity index (χ0) is 19.8. The van der Waals surface area contributed by atoms with Gasteiger partial charge in [0.25, 0.3) is 11.5 Å². The zero-order valence-electron chi connectivity index (χ0n) is 15.7. The van der Waals surface area contributed by atoms with Crippen LogP contribution in [-0.2, 0) is 25.9 Å². The number of hydrogen-bond acceptors (Lipinski definition) is 5. The second kappa shape index (κ2) is 7.03. The van der Waals surface area contributed by atoms with Crippen molar-refractivity contribution in [2.24, 2.45) is 21.1 Å². The second-order valence-electron chi connectivity index (χ2n) is 5.94. The van der Waals surface area contributed by atoms with Gasteiger partial charge in [0.05, 0.1) is 12.2 Å². The van der Waals surface area contributed by atoms with Crippen molar-refractivity contribution in [3.05, 3.63) is 49.4 Å². The highest BCUT2D eigenvalue weighted by Crippen LogP contribution is 2.23. The standard InChI is InChI=1S/C17H22N4O5/c1-7-26-16(24)14-9(2)13(10(3)19(14)4)15(23)18-11-8-12(22)21(6)17(25)20(11)5/h8H,7H2,1-6H3,(H,18,23). The van der Waals surface area contributed by atoms with E-state index in [2.05, 4.69) is 5.32 Å². The summed E-state index contributed by atoms with van der Waals surface area (Å²) in [6, 6.07) is 1.17. The molecule has 9 heteroatoms. The number of carbonyl (C=O) groups excluding carboxylic acids is 2. The zero-order valence-corrected chi connectivity index (χ0v) is 15.7. The maximum Gasteiger partial charge on any atom is 0.355 e. The van der Waals surface area contributed by atoms with Crippen LogP contribution in [0.5, 0.6) is 0 Å². The van der Waals surface area contributed by atoms with Crippen LogP contribution in [0.1, 0.15) is 39.0 Å². The molecule has 0 saturated carbocycles. The van der Waals surface area contributed by atoms with Crippen molar-refractivity contribution >= 4 is 17.7 Å². The van der Waals surface area contributed by atoms with E-state index in [1.807, 2.05) is 0 Å². The molecule has 0 radical (unpaired) electrons. The highest BCUT2D eigenvalue weighted by molar-refractivity contribution is 6.08. The fraction of sp³-hybridized carbons (Fsp3) is 0.412. The molecule has 0 aliphatic rings. The lowest BCUT2D eigenvalue weighted by molar-refractivity contribution is 0.0514. The lowest BCUT2D eigenvalue weighted by atomic mass is 10.1. The Morgan fingerprint density at radius 3 is 2.27 bits per heavy atom. The Balaban J connectivity index is 2.50. The van der Waals surface area contributed by atoms with Crippen LogP contribution in [0.25, 0.3) is 0 Å². The Labute approximate surface area is 149 Å². The van der Waals surface area contributed by atoms with Gasteiger partial charge in [-0.25, -0.2) is 9.59 Å². The predicted molar refractivity (Wildman–Crippen MR) is 95.7 cm³/mol. The summed E-state index contributed by atoms with van der Waals surface area (Å²) >= 11 is 0. The van der Waals surface area contributed by atoms with E-state index >= 15 is 0 Å². The van der Waals surface area contributed by atoms with Gasteiger partial charge in [-0.15, -0.1) is 0 Å². The van der Waals surface area contributed by atoms with Gasteiger partial charge in [0, 0.05) is 32.9 Å². The molecule has 140 valence electrons. The van der Waals surface area contributed by atoms with Crippen LogP contribution < -0.4 is 16.6 Å². The topological polar surface area (TPSA) is 104 Å². The molecule has 2 rings (SSSR count). The Morgan fingerprint density at radius 1 is 1.08 bits per heavy atom. The number of amides is 1. The number of hydrogen-bond donors (Lipinski definition) is 1. The van der Waals surface area contributed by atoms with E-state index in [9.17, 15) is 19.2 Å². The third kappa shape index (κ3) is 3.07. The average molecular weight is 362 g/mol. The highest BCUT2D eigenvalue weighted by atomic mass is 16.5. The molecular formula is C17H22N4O5. The van der Waals surface area contributed by atoms with Crippen molar-refractivity contribution in [3.8, 4) is 0 Å². The van der Waals surface area contributed by atoms with E-state index < -0.39 is 23.1 Å². The molecular weight excluding hydrogens is 340 g/mol. The van der Waals surface area contributed by atoms with Crippen LogP contribution >= 0.6 is 0 Å². The number of ether oxygens (including phenoxy) is 1. The van der Waals surface area contributed by atoms with Crippen molar-refractivity contribution in [1.82, 2.24) is 13.7 Å².